The molecule has 1 atom stereocenters. The van der Waals surface area contributed by atoms with Gasteiger partial charge in [0, 0.05) is 32.4 Å². The third-order valence-corrected chi connectivity index (χ3v) is 5.53. The van der Waals surface area contributed by atoms with E-state index in [2.05, 4.69) is 39.5 Å². The normalized spacial score (nSPS) is 25.8. The molecule has 1 aromatic carbocycles. The first-order valence-electron chi connectivity index (χ1n) is 7.53. The van der Waals surface area contributed by atoms with Gasteiger partial charge in [0.2, 0.25) is 0 Å². The van der Waals surface area contributed by atoms with Crippen LogP contribution in [0, 0.1) is 0 Å². The summed E-state index contributed by atoms with van der Waals surface area (Å²) < 4.78 is 0. The third-order valence-electron chi connectivity index (χ3n) is 4.30. The second-order valence-corrected chi connectivity index (χ2v) is 6.97. The van der Waals surface area contributed by atoms with Gasteiger partial charge in [-0.25, -0.2) is 0 Å². The van der Waals surface area contributed by atoms with Crippen molar-refractivity contribution in [3.63, 3.8) is 0 Å². The molecule has 2 aliphatic rings. The monoisotopic (exact) mass is 305 g/mol. The van der Waals surface area contributed by atoms with Crippen molar-refractivity contribution in [1.82, 2.24) is 10.2 Å². The summed E-state index contributed by atoms with van der Waals surface area (Å²) >= 11 is 1.82. The summed E-state index contributed by atoms with van der Waals surface area (Å²) in [5.41, 5.74) is 2.24. The van der Waals surface area contributed by atoms with Crippen LogP contribution >= 0.6 is 11.8 Å². The van der Waals surface area contributed by atoms with Crippen LogP contribution in [-0.4, -0.2) is 53.2 Å². The van der Waals surface area contributed by atoms with E-state index in [1.54, 1.807) is 0 Å². The van der Waals surface area contributed by atoms with Crippen molar-refractivity contribution in [2.45, 2.75) is 25.0 Å². The first kappa shape index (κ1) is 14.7. The van der Waals surface area contributed by atoms with Crippen molar-refractivity contribution in [2.75, 3.05) is 31.6 Å². The van der Waals surface area contributed by atoms with Crippen molar-refractivity contribution < 1.29 is 5.11 Å². The fraction of sp³-hybridized carbons (Fsp3) is 0.562. The molecule has 2 aliphatic heterocycles. The Kier molecular flexibility index (Phi) is 4.40. The van der Waals surface area contributed by atoms with Crippen LogP contribution in [-0.2, 0) is 13.0 Å². The number of aliphatic imine (C=N–C) groups is 1. The zero-order valence-corrected chi connectivity index (χ0v) is 13.3. The van der Waals surface area contributed by atoms with Gasteiger partial charge in [0.25, 0.3) is 0 Å². The zero-order valence-electron chi connectivity index (χ0n) is 12.5. The SMILES string of the molecule is CN=C(NCC1(O)CCSC1)N1CCc2ccccc2C1. The van der Waals surface area contributed by atoms with Crippen LogP contribution in [0.4, 0.5) is 0 Å². The predicted molar refractivity (Wildman–Crippen MR) is 88.8 cm³/mol. The van der Waals surface area contributed by atoms with Gasteiger partial charge in [-0.15, -0.1) is 0 Å². The number of benzene rings is 1. The number of hydrogen-bond donors (Lipinski definition) is 2. The Balaban J connectivity index is 1.62. The summed E-state index contributed by atoms with van der Waals surface area (Å²) in [5.74, 6) is 2.77. The highest BCUT2D eigenvalue weighted by molar-refractivity contribution is 7.99. The molecule has 5 heteroatoms. The summed E-state index contributed by atoms with van der Waals surface area (Å²) in [4.78, 5) is 6.66. The molecule has 0 bridgehead atoms. The van der Waals surface area contributed by atoms with E-state index >= 15 is 0 Å². The molecule has 1 fully saturated rings. The van der Waals surface area contributed by atoms with Crippen LogP contribution in [0.25, 0.3) is 0 Å². The van der Waals surface area contributed by atoms with E-state index in [-0.39, 0.29) is 0 Å². The van der Waals surface area contributed by atoms with Gasteiger partial charge < -0.3 is 15.3 Å². The number of nitrogens with one attached hydrogen (secondary N) is 1. The fourth-order valence-corrected chi connectivity index (χ4v) is 4.28. The van der Waals surface area contributed by atoms with Crippen molar-refractivity contribution in [3.8, 4) is 0 Å². The smallest absolute Gasteiger partial charge is 0.194 e. The molecule has 2 N–H and O–H groups in total. The minimum absolute atomic E-state index is 0.575. The Hall–Kier alpha value is -1.20. The van der Waals surface area contributed by atoms with Crippen LogP contribution in [0.2, 0.25) is 0 Å². The average Bonchev–Trinajstić information content (AvgIpc) is 2.95. The molecule has 114 valence electrons. The minimum Gasteiger partial charge on any atom is -0.387 e. The molecule has 0 spiro atoms. The highest BCUT2D eigenvalue weighted by Crippen LogP contribution is 2.27. The van der Waals surface area contributed by atoms with E-state index in [0.717, 1.165) is 43.4 Å². The lowest BCUT2D eigenvalue weighted by atomic mass is 10.00. The van der Waals surface area contributed by atoms with E-state index in [1.807, 2.05) is 18.8 Å². The molecule has 0 aliphatic carbocycles. The standard InChI is InChI=1S/C16H23N3OS/c1-17-15(18-11-16(20)7-9-21-12-16)19-8-6-13-4-2-3-5-14(13)10-19/h2-5,20H,6-12H2,1H3,(H,17,18). The maximum atomic E-state index is 10.4. The molecule has 1 unspecified atom stereocenters. The van der Waals surface area contributed by atoms with E-state index in [4.69, 9.17) is 0 Å². The highest BCUT2D eigenvalue weighted by atomic mass is 32.2. The first-order valence-corrected chi connectivity index (χ1v) is 8.68. The second kappa shape index (κ2) is 6.28. The molecular formula is C16H23N3OS. The Morgan fingerprint density at radius 1 is 1.43 bits per heavy atom. The van der Waals surface area contributed by atoms with Crippen LogP contribution in [0.15, 0.2) is 29.3 Å². The van der Waals surface area contributed by atoms with Crippen molar-refractivity contribution >= 4 is 17.7 Å². The van der Waals surface area contributed by atoms with E-state index in [0.29, 0.717) is 6.54 Å². The molecule has 0 radical (unpaired) electrons. The molecular weight excluding hydrogens is 282 g/mol. The van der Waals surface area contributed by atoms with Gasteiger partial charge in [0.05, 0.1) is 5.60 Å². The van der Waals surface area contributed by atoms with Gasteiger partial charge in [0.15, 0.2) is 5.96 Å². The lowest BCUT2D eigenvalue weighted by Gasteiger charge is -2.33. The Morgan fingerprint density at radius 3 is 2.95 bits per heavy atom. The predicted octanol–water partition coefficient (Wildman–Crippen LogP) is 1.49. The van der Waals surface area contributed by atoms with Crippen LogP contribution < -0.4 is 5.32 Å². The maximum absolute atomic E-state index is 10.4. The van der Waals surface area contributed by atoms with E-state index in [1.165, 1.54) is 11.1 Å². The zero-order chi connectivity index (χ0) is 14.7. The van der Waals surface area contributed by atoms with E-state index < -0.39 is 5.60 Å². The van der Waals surface area contributed by atoms with Crippen molar-refractivity contribution in [1.29, 1.82) is 0 Å². The number of fused-ring (bicyclic) bond motifs is 1. The quantitative estimate of drug-likeness (QED) is 0.642. The Labute approximate surface area is 130 Å². The molecule has 0 saturated carbocycles. The molecule has 21 heavy (non-hydrogen) atoms. The summed E-state index contributed by atoms with van der Waals surface area (Å²) in [5, 5.41) is 13.8. The summed E-state index contributed by atoms with van der Waals surface area (Å²) in [7, 11) is 1.82. The fourth-order valence-electron chi connectivity index (χ4n) is 2.99. The Morgan fingerprint density at radius 2 is 2.24 bits per heavy atom. The third kappa shape index (κ3) is 3.35. The number of rotatable bonds is 2. The number of guanidine groups is 1. The highest BCUT2D eigenvalue weighted by Gasteiger charge is 2.32. The molecule has 0 aromatic heterocycles. The van der Waals surface area contributed by atoms with E-state index in [9.17, 15) is 5.11 Å². The molecule has 3 rings (SSSR count). The van der Waals surface area contributed by atoms with Crippen LogP contribution in [0.5, 0.6) is 0 Å². The van der Waals surface area contributed by atoms with Crippen LogP contribution in [0.3, 0.4) is 0 Å². The molecule has 1 aromatic rings. The topological polar surface area (TPSA) is 47.9 Å². The largest absolute Gasteiger partial charge is 0.387 e. The number of aliphatic hydroxyl groups is 1. The van der Waals surface area contributed by atoms with Gasteiger partial charge in [-0.3, -0.25) is 4.99 Å². The second-order valence-electron chi connectivity index (χ2n) is 5.87. The first-order chi connectivity index (χ1) is 10.2. The van der Waals surface area contributed by atoms with Gasteiger partial charge in [-0.05, 0) is 29.7 Å². The molecule has 4 nitrogen and oxygen atoms in total. The number of nitrogens with zero attached hydrogens (tertiary/aromatic N) is 2. The summed E-state index contributed by atoms with van der Waals surface area (Å²) in [6.07, 6.45) is 1.92. The summed E-state index contributed by atoms with van der Waals surface area (Å²) in [6, 6.07) is 8.60. The average molecular weight is 305 g/mol. The lowest BCUT2D eigenvalue weighted by Crippen LogP contribution is -2.50. The maximum Gasteiger partial charge on any atom is 0.194 e. The van der Waals surface area contributed by atoms with Gasteiger partial charge in [-0.1, -0.05) is 24.3 Å². The molecule has 1 saturated heterocycles. The van der Waals surface area contributed by atoms with Gasteiger partial charge in [-0.2, -0.15) is 11.8 Å². The number of thioether (sulfide) groups is 1. The van der Waals surface area contributed by atoms with Crippen molar-refractivity contribution in [3.05, 3.63) is 35.4 Å². The van der Waals surface area contributed by atoms with Gasteiger partial charge >= 0.3 is 0 Å². The number of hydrogen-bond acceptors (Lipinski definition) is 3. The molecule has 2 heterocycles. The minimum atomic E-state index is -0.575. The summed E-state index contributed by atoms with van der Waals surface area (Å²) in [6.45, 7) is 2.46. The van der Waals surface area contributed by atoms with Crippen molar-refractivity contribution in [2.24, 2.45) is 4.99 Å². The van der Waals surface area contributed by atoms with Gasteiger partial charge in [0.1, 0.15) is 0 Å². The lowest BCUT2D eigenvalue weighted by molar-refractivity contribution is 0.0716. The van der Waals surface area contributed by atoms with Crippen LogP contribution in [0.1, 0.15) is 17.5 Å². The molecule has 0 amide bonds. The Bertz CT molecular complexity index is 526.